The second-order valence-corrected chi connectivity index (χ2v) is 7.86. The van der Waals surface area contributed by atoms with Gasteiger partial charge in [0.15, 0.2) is 0 Å². The van der Waals surface area contributed by atoms with Crippen LogP contribution in [0.4, 0.5) is 15.8 Å². The number of hydrogen-bond donors (Lipinski definition) is 4. The van der Waals surface area contributed by atoms with Crippen LogP contribution in [-0.4, -0.2) is 18.2 Å². The Morgan fingerprint density at radius 2 is 1.87 bits per heavy atom. The fraction of sp³-hybridized carbons (Fsp3) is 0.227. The molecule has 0 aliphatic rings. The largest absolute Gasteiger partial charge is 0.494 e. The number of nitrogen functional groups attached to an aromatic ring is 1. The number of fused-ring (bicyclic) bond motifs is 1. The first-order chi connectivity index (χ1) is 14.2. The van der Waals surface area contributed by atoms with Crippen LogP contribution in [0.2, 0.25) is 0 Å². The maximum Gasteiger partial charge on any atom is 0.274 e. The van der Waals surface area contributed by atoms with Gasteiger partial charge in [-0.05, 0) is 35.2 Å². The van der Waals surface area contributed by atoms with Gasteiger partial charge in [-0.1, -0.05) is 45.0 Å². The molecule has 3 aromatic rings. The highest BCUT2D eigenvalue weighted by Crippen LogP contribution is 2.33. The van der Waals surface area contributed by atoms with Gasteiger partial charge < -0.3 is 10.2 Å². The van der Waals surface area contributed by atoms with E-state index in [1.807, 2.05) is 26.8 Å². The number of anilines is 2. The predicted molar refractivity (Wildman–Crippen MR) is 115 cm³/mol. The SMILES string of the molecule is COc1ccc(C(C)(C)C)cc1N(O)NC(=O)c1ccc2c(NN)cccc2c1F. The first-order valence-electron chi connectivity index (χ1n) is 9.33. The van der Waals surface area contributed by atoms with Crippen molar-refractivity contribution in [3.05, 3.63) is 65.5 Å². The summed E-state index contributed by atoms with van der Waals surface area (Å²) >= 11 is 0. The molecule has 0 aromatic heterocycles. The Bertz CT molecular complexity index is 1100. The number of carbonyl (C=O) groups excluding carboxylic acids is 1. The molecule has 30 heavy (non-hydrogen) atoms. The molecule has 7 nitrogen and oxygen atoms in total. The summed E-state index contributed by atoms with van der Waals surface area (Å²) in [6.07, 6.45) is 0. The van der Waals surface area contributed by atoms with E-state index < -0.39 is 11.7 Å². The average molecular weight is 412 g/mol. The van der Waals surface area contributed by atoms with Crippen LogP contribution in [0, 0.1) is 5.82 Å². The van der Waals surface area contributed by atoms with E-state index in [9.17, 15) is 10.0 Å². The Morgan fingerprint density at radius 3 is 2.50 bits per heavy atom. The lowest BCUT2D eigenvalue weighted by Crippen LogP contribution is -2.40. The average Bonchev–Trinajstić information content (AvgIpc) is 2.72. The highest BCUT2D eigenvalue weighted by molar-refractivity contribution is 6.02. The van der Waals surface area contributed by atoms with Crippen molar-refractivity contribution in [3.63, 3.8) is 0 Å². The minimum absolute atomic E-state index is 0.189. The van der Waals surface area contributed by atoms with Crippen LogP contribution >= 0.6 is 0 Å². The summed E-state index contributed by atoms with van der Waals surface area (Å²) in [5.41, 5.74) is 6.07. The number of carbonyl (C=O) groups is 1. The molecule has 0 unspecified atom stereocenters. The van der Waals surface area contributed by atoms with Crippen LogP contribution in [0.5, 0.6) is 5.75 Å². The van der Waals surface area contributed by atoms with Crippen molar-refractivity contribution in [3.8, 4) is 5.75 Å². The molecule has 0 fully saturated rings. The van der Waals surface area contributed by atoms with Gasteiger partial charge >= 0.3 is 0 Å². The molecule has 0 aliphatic carbocycles. The van der Waals surface area contributed by atoms with Crippen molar-refractivity contribution >= 4 is 28.1 Å². The predicted octanol–water partition coefficient (Wildman–Crippen LogP) is 4.11. The molecule has 0 atom stereocenters. The molecule has 0 radical (unpaired) electrons. The molecular formula is C22H25FN4O3. The fourth-order valence-electron chi connectivity index (χ4n) is 3.16. The summed E-state index contributed by atoms with van der Waals surface area (Å²) < 4.78 is 20.3. The number of halogens is 1. The third-order valence-electron chi connectivity index (χ3n) is 4.88. The molecular weight excluding hydrogens is 387 g/mol. The molecule has 0 saturated carbocycles. The Kier molecular flexibility index (Phi) is 5.82. The van der Waals surface area contributed by atoms with Crippen molar-refractivity contribution in [2.75, 3.05) is 17.7 Å². The van der Waals surface area contributed by atoms with E-state index in [1.165, 1.54) is 13.2 Å². The molecule has 1 amide bonds. The molecule has 0 heterocycles. The van der Waals surface area contributed by atoms with Gasteiger partial charge in [0.05, 0.1) is 18.4 Å². The van der Waals surface area contributed by atoms with E-state index in [0.29, 0.717) is 22.0 Å². The van der Waals surface area contributed by atoms with Crippen LogP contribution < -0.4 is 26.6 Å². The maximum atomic E-state index is 15.0. The van der Waals surface area contributed by atoms with Crippen molar-refractivity contribution in [2.24, 2.45) is 5.84 Å². The monoisotopic (exact) mass is 412 g/mol. The second kappa shape index (κ2) is 8.17. The first-order valence-corrected chi connectivity index (χ1v) is 9.33. The van der Waals surface area contributed by atoms with E-state index in [-0.39, 0.29) is 22.1 Å². The van der Waals surface area contributed by atoms with Gasteiger partial charge in [0.1, 0.15) is 17.3 Å². The van der Waals surface area contributed by atoms with Gasteiger partial charge in [-0.15, -0.1) is 0 Å². The van der Waals surface area contributed by atoms with Crippen molar-refractivity contribution < 1.29 is 19.1 Å². The Morgan fingerprint density at radius 1 is 1.13 bits per heavy atom. The molecule has 5 N–H and O–H groups in total. The van der Waals surface area contributed by atoms with E-state index in [0.717, 1.165) is 5.56 Å². The molecule has 0 spiro atoms. The van der Waals surface area contributed by atoms with Crippen molar-refractivity contribution in [2.45, 2.75) is 26.2 Å². The highest BCUT2D eigenvalue weighted by atomic mass is 19.1. The molecule has 0 aliphatic heterocycles. The van der Waals surface area contributed by atoms with Crippen LogP contribution in [0.3, 0.4) is 0 Å². The summed E-state index contributed by atoms with van der Waals surface area (Å²) in [7, 11) is 1.46. The lowest BCUT2D eigenvalue weighted by atomic mass is 9.87. The summed E-state index contributed by atoms with van der Waals surface area (Å²) in [6, 6.07) is 13.1. The standard InChI is InChI=1S/C22H25FN4O3/c1-22(2,3)13-8-11-19(30-4)18(12-13)27(29)26-21(28)16-10-9-14-15(20(16)23)6-5-7-17(14)25-24/h5-12,25,29H,24H2,1-4H3,(H,26,28). The third kappa shape index (κ3) is 4.00. The van der Waals surface area contributed by atoms with E-state index in [4.69, 9.17) is 10.6 Å². The van der Waals surface area contributed by atoms with E-state index in [1.54, 1.807) is 36.4 Å². The lowest BCUT2D eigenvalue weighted by molar-refractivity contribution is 0.0875. The molecule has 0 bridgehead atoms. The van der Waals surface area contributed by atoms with Crippen LogP contribution in [0.25, 0.3) is 10.8 Å². The minimum Gasteiger partial charge on any atom is -0.494 e. The maximum absolute atomic E-state index is 15.0. The Labute approximate surface area is 174 Å². The van der Waals surface area contributed by atoms with Gasteiger partial charge in [-0.2, -0.15) is 5.17 Å². The Hall–Kier alpha value is -3.36. The number of benzene rings is 3. The zero-order valence-electron chi connectivity index (χ0n) is 17.3. The number of ether oxygens (including phenoxy) is 1. The number of rotatable bonds is 5. The van der Waals surface area contributed by atoms with E-state index >= 15 is 4.39 Å². The highest BCUT2D eigenvalue weighted by Gasteiger charge is 2.22. The Balaban J connectivity index is 1.94. The molecule has 158 valence electrons. The minimum atomic E-state index is -0.814. The molecule has 3 rings (SSSR count). The molecule has 8 heteroatoms. The van der Waals surface area contributed by atoms with Gasteiger partial charge in [-0.3, -0.25) is 15.8 Å². The molecule has 0 saturated heterocycles. The summed E-state index contributed by atoms with van der Waals surface area (Å²) in [5.74, 6) is 4.28. The number of hydrogen-bond acceptors (Lipinski definition) is 6. The van der Waals surface area contributed by atoms with E-state index in [2.05, 4.69) is 10.9 Å². The quantitative estimate of drug-likeness (QED) is 0.372. The number of nitrogens with zero attached hydrogens (tertiary/aromatic N) is 1. The van der Waals surface area contributed by atoms with Gasteiger partial charge in [0, 0.05) is 10.8 Å². The molecule has 3 aromatic carbocycles. The first kappa shape index (κ1) is 21.4. The van der Waals surface area contributed by atoms with Crippen LogP contribution in [-0.2, 0) is 5.41 Å². The number of methoxy groups -OCH3 is 1. The van der Waals surface area contributed by atoms with Crippen LogP contribution in [0.15, 0.2) is 48.5 Å². The summed E-state index contributed by atoms with van der Waals surface area (Å²) in [4.78, 5) is 12.7. The number of hydrazine groups is 2. The van der Waals surface area contributed by atoms with Crippen LogP contribution in [0.1, 0.15) is 36.7 Å². The van der Waals surface area contributed by atoms with Gasteiger partial charge in [0.2, 0.25) is 0 Å². The summed E-state index contributed by atoms with van der Waals surface area (Å²) in [5, 5.41) is 11.8. The zero-order valence-corrected chi connectivity index (χ0v) is 17.3. The zero-order chi connectivity index (χ0) is 22.1. The summed E-state index contributed by atoms with van der Waals surface area (Å²) in [6.45, 7) is 6.06. The topological polar surface area (TPSA) is 99.8 Å². The van der Waals surface area contributed by atoms with Gasteiger partial charge in [-0.25, -0.2) is 9.82 Å². The smallest absolute Gasteiger partial charge is 0.274 e. The number of nitrogens with two attached hydrogens (primary N) is 1. The van der Waals surface area contributed by atoms with Crippen molar-refractivity contribution in [1.82, 2.24) is 5.43 Å². The fourth-order valence-corrected chi connectivity index (χ4v) is 3.16. The normalized spacial score (nSPS) is 11.3. The van der Waals surface area contributed by atoms with Crippen molar-refractivity contribution in [1.29, 1.82) is 0 Å². The lowest BCUT2D eigenvalue weighted by Gasteiger charge is -2.24. The third-order valence-corrected chi connectivity index (χ3v) is 4.88. The van der Waals surface area contributed by atoms with Gasteiger partial charge in [0.25, 0.3) is 5.91 Å². The second-order valence-electron chi connectivity index (χ2n) is 7.86. The number of amides is 1. The number of nitrogens with one attached hydrogen (secondary N) is 2.